The molecule has 1 saturated carbocycles. The van der Waals surface area contributed by atoms with Crippen molar-refractivity contribution in [1.82, 2.24) is 19.9 Å². The number of ether oxygens (including phenoxy) is 2. The Bertz CT molecular complexity index is 1170. The summed E-state index contributed by atoms with van der Waals surface area (Å²) < 4.78 is 26.8. The number of nitrogens with one attached hydrogen (secondary N) is 2. The van der Waals surface area contributed by atoms with E-state index in [1.165, 1.54) is 6.33 Å². The molecule has 36 heavy (non-hydrogen) atoms. The van der Waals surface area contributed by atoms with E-state index in [-0.39, 0.29) is 36.4 Å². The van der Waals surface area contributed by atoms with Crippen molar-refractivity contribution >= 4 is 28.4 Å². The molecule has 2 aromatic heterocycles. The number of aliphatic hydroxyl groups excluding tert-OH is 1. The van der Waals surface area contributed by atoms with Crippen LogP contribution < -0.4 is 20.3 Å². The van der Waals surface area contributed by atoms with Crippen LogP contribution in [0.25, 0.3) is 11.0 Å². The van der Waals surface area contributed by atoms with E-state index in [9.17, 15) is 9.50 Å². The monoisotopic (exact) mass is 497 g/mol. The quantitative estimate of drug-likeness (QED) is 0.429. The smallest absolute Gasteiger partial charge is 0.207 e. The molecule has 10 nitrogen and oxygen atoms in total. The van der Waals surface area contributed by atoms with Crippen LogP contribution in [0.5, 0.6) is 5.75 Å². The molecule has 2 aliphatic rings. The Labute approximate surface area is 209 Å². The molecule has 3 aromatic rings. The predicted molar refractivity (Wildman–Crippen MR) is 135 cm³/mol. The summed E-state index contributed by atoms with van der Waals surface area (Å²) in [4.78, 5) is 19.4. The first-order valence-electron chi connectivity index (χ1n) is 12.5. The lowest BCUT2D eigenvalue weighted by Crippen LogP contribution is -2.36. The second-order valence-corrected chi connectivity index (χ2v) is 9.32. The molecule has 0 amide bonds. The zero-order valence-electron chi connectivity index (χ0n) is 20.4. The van der Waals surface area contributed by atoms with Gasteiger partial charge in [-0.15, -0.1) is 0 Å². The fraction of sp³-hybridized carbons (Fsp3) is 0.520. The number of nitrogens with zero attached hydrogens (tertiary/aromatic N) is 5. The summed E-state index contributed by atoms with van der Waals surface area (Å²) in [5, 5.41) is 15.3. The lowest BCUT2D eigenvalue weighted by molar-refractivity contribution is 0.122. The van der Waals surface area contributed by atoms with Gasteiger partial charge in [0.05, 0.1) is 31.4 Å². The highest BCUT2D eigenvalue weighted by atomic mass is 19.1. The lowest BCUT2D eigenvalue weighted by Gasteiger charge is -2.31. The summed E-state index contributed by atoms with van der Waals surface area (Å²) in [6.07, 6.45) is 8.01. The van der Waals surface area contributed by atoms with Gasteiger partial charge in [0.1, 0.15) is 17.6 Å². The summed E-state index contributed by atoms with van der Waals surface area (Å²) in [6, 6.07) is 3.89. The molecule has 1 aromatic carbocycles. The molecule has 1 aliphatic carbocycles. The molecule has 1 atom stereocenters. The fourth-order valence-corrected chi connectivity index (χ4v) is 4.67. The van der Waals surface area contributed by atoms with Crippen molar-refractivity contribution in [2.24, 2.45) is 0 Å². The highest BCUT2D eigenvalue weighted by Gasteiger charge is 2.26. The topological polar surface area (TPSA) is 118 Å². The summed E-state index contributed by atoms with van der Waals surface area (Å²) in [5.41, 5.74) is 2.64. The second-order valence-electron chi connectivity index (χ2n) is 9.32. The Kier molecular flexibility index (Phi) is 7.57. The normalized spacial score (nSPS) is 21.2. The van der Waals surface area contributed by atoms with Gasteiger partial charge in [-0.25, -0.2) is 15.0 Å². The van der Waals surface area contributed by atoms with Crippen LogP contribution in [0.1, 0.15) is 32.6 Å². The van der Waals surface area contributed by atoms with E-state index in [2.05, 4.69) is 47.6 Å². The molecule has 0 unspecified atom stereocenters. The van der Waals surface area contributed by atoms with Crippen molar-refractivity contribution in [3.8, 4) is 5.75 Å². The van der Waals surface area contributed by atoms with Gasteiger partial charge in [0.25, 0.3) is 0 Å². The summed E-state index contributed by atoms with van der Waals surface area (Å²) in [6.45, 7) is 4.70. The minimum Gasteiger partial charge on any atom is -0.488 e. The number of aliphatic hydroxyl groups is 1. The minimum atomic E-state index is -0.541. The lowest BCUT2D eigenvalue weighted by atomic mass is 9.93. The van der Waals surface area contributed by atoms with Crippen LogP contribution in [0.2, 0.25) is 0 Å². The number of fused-ring (bicyclic) bond motifs is 1. The maximum atomic E-state index is 14.8. The van der Waals surface area contributed by atoms with Gasteiger partial charge in [-0.05, 0) is 38.7 Å². The standard InChI is InChI=1S/C25H32FN7O3/c1-16(14-34)31-24-22(26)25(30-15-29-24)32-17-2-4-19(5-3-17)36-21-13-18(33-8-10-35-11-9-33)12-20-23(21)28-7-6-27-20/h6-7,12-13,15-17,19,34H,2-5,8-11,14H2,1H3,(H2,29,30,31,32)/t16-,17-,19+/m1/s1. The predicted octanol–water partition coefficient (Wildman–Crippen LogP) is 2.99. The van der Waals surface area contributed by atoms with Crippen LogP contribution in [0.3, 0.4) is 0 Å². The van der Waals surface area contributed by atoms with E-state index >= 15 is 0 Å². The molecular weight excluding hydrogens is 465 g/mol. The zero-order valence-corrected chi connectivity index (χ0v) is 20.4. The van der Waals surface area contributed by atoms with Crippen molar-refractivity contribution in [3.05, 3.63) is 36.7 Å². The molecule has 1 saturated heterocycles. The second kappa shape index (κ2) is 11.2. The molecular formula is C25H32FN7O3. The van der Waals surface area contributed by atoms with Gasteiger partial charge in [0.15, 0.2) is 11.6 Å². The molecule has 11 heteroatoms. The first-order valence-corrected chi connectivity index (χ1v) is 12.5. The van der Waals surface area contributed by atoms with Crippen LogP contribution >= 0.6 is 0 Å². The highest BCUT2D eigenvalue weighted by molar-refractivity contribution is 5.85. The molecule has 0 spiro atoms. The van der Waals surface area contributed by atoms with Crippen molar-refractivity contribution in [3.63, 3.8) is 0 Å². The van der Waals surface area contributed by atoms with Crippen LogP contribution in [-0.2, 0) is 4.74 Å². The van der Waals surface area contributed by atoms with Crippen LogP contribution in [-0.4, -0.2) is 76.1 Å². The van der Waals surface area contributed by atoms with Crippen molar-refractivity contribution in [2.75, 3.05) is 48.4 Å². The maximum absolute atomic E-state index is 14.8. The van der Waals surface area contributed by atoms with E-state index in [4.69, 9.17) is 9.47 Å². The Hall–Kier alpha value is -3.31. The number of halogens is 1. The molecule has 3 N–H and O–H groups in total. The van der Waals surface area contributed by atoms with Crippen LogP contribution in [0.4, 0.5) is 21.7 Å². The number of hydrogen-bond acceptors (Lipinski definition) is 10. The SMILES string of the molecule is C[C@H](CO)Nc1ncnc(N[C@H]2CC[C@@H](Oc3cc(N4CCOCC4)cc4nccnc34)CC2)c1F. The number of aromatic nitrogens is 4. The molecule has 0 radical (unpaired) electrons. The Balaban J connectivity index is 1.24. The number of rotatable bonds is 8. The number of hydrogen-bond donors (Lipinski definition) is 3. The average molecular weight is 498 g/mol. The summed E-state index contributed by atoms with van der Waals surface area (Å²) in [7, 11) is 0. The van der Waals surface area contributed by atoms with Crippen molar-refractivity contribution < 1.29 is 19.0 Å². The largest absolute Gasteiger partial charge is 0.488 e. The van der Waals surface area contributed by atoms with Gasteiger partial charge in [0, 0.05) is 49.3 Å². The molecule has 0 bridgehead atoms. The van der Waals surface area contributed by atoms with Crippen molar-refractivity contribution in [1.29, 1.82) is 0 Å². The van der Waals surface area contributed by atoms with Gasteiger partial charge < -0.3 is 30.1 Å². The van der Waals surface area contributed by atoms with Gasteiger partial charge in [-0.3, -0.25) is 4.98 Å². The Morgan fingerprint density at radius 2 is 1.83 bits per heavy atom. The van der Waals surface area contributed by atoms with Gasteiger partial charge in [-0.2, -0.15) is 4.39 Å². The third kappa shape index (κ3) is 5.57. The Morgan fingerprint density at radius 1 is 1.08 bits per heavy atom. The number of morpholine rings is 1. The first kappa shape index (κ1) is 24.4. The van der Waals surface area contributed by atoms with E-state index in [0.717, 1.165) is 61.2 Å². The van der Waals surface area contributed by atoms with E-state index in [1.807, 2.05) is 0 Å². The molecule has 3 heterocycles. The fourth-order valence-electron chi connectivity index (χ4n) is 4.67. The number of anilines is 3. The van der Waals surface area contributed by atoms with Gasteiger partial charge in [-0.1, -0.05) is 0 Å². The highest BCUT2D eigenvalue weighted by Crippen LogP contribution is 2.33. The minimum absolute atomic E-state index is 0.0334. The molecule has 192 valence electrons. The summed E-state index contributed by atoms with van der Waals surface area (Å²) >= 11 is 0. The van der Waals surface area contributed by atoms with Crippen molar-refractivity contribution in [2.45, 2.75) is 50.8 Å². The Morgan fingerprint density at radius 3 is 2.61 bits per heavy atom. The molecule has 2 fully saturated rings. The van der Waals surface area contributed by atoms with Gasteiger partial charge in [0.2, 0.25) is 5.82 Å². The third-order valence-corrected chi connectivity index (χ3v) is 6.65. The summed E-state index contributed by atoms with van der Waals surface area (Å²) in [5.74, 6) is 0.455. The maximum Gasteiger partial charge on any atom is 0.207 e. The van der Waals surface area contributed by atoms with E-state index in [0.29, 0.717) is 13.2 Å². The number of benzene rings is 1. The third-order valence-electron chi connectivity index (χ3n) is 6.65. The van der Waals surface area contributed by atoms with Gasteiger partial charge >= 0.3 is 0 Å². The molecule has 5 rings (SSSR count). The van der Waals surface area contributed by atoms with Crippen LogP contribution in [0, 0.1) is 5.82 Å². The average Bonchev–Trinajstić information content (AvgIpc) is 2.92. The first-order chi connectivity index (χ1) is 17.6. The zero-order chi connectivity index (χ0) is 24.9. The molecule has 1 aliphatic heterocycles. The van der Waals surface area contributed by atoms with Crippen LogP contribution in [0.15, 0.2) is 30.9 Å². The van der Waals surface area contributed by atoms with E-state index < -0.39 is 5.82 Å². The van der Waals surface area contributed by atoms with E-state index in [1.54, 1.807) is 19.3 Å².